The third-order valence-corrected chi connectivity index (χ3v) is 12.4. The molecule has 61 heavy (non-hydrogen) atoms. The number of benzene rings is 3. The molecule has 0 radical (unpaired) electrons. The lowest BCUT2D eigenvalue weighted by Crippen LogP contribution is -2.51. The van der Waals surface area contributed by atoms with Crippen molar-refractivity contribution in [3.8, 4) is 0 Å². The number of fused-ring (bicyclic) bond motifs is 2. The quantitative estimate of drug-likeness (QED) is 0.0835. The van der Waals surface area contributed by atoms with Gasteiger partial charge in [-0.3, -0.25) is 9.59 Å². The van der Waals surface area contributed by atoms with Crippen molar-refractivity contribution in [2.45, 2.75) is 116 Å². The highest BCUT2D eigenvalue weighted by atomic mass is 16.5. The van der Waals surface area contributed by atoms with E-state index in [4.69, 9.17) is 14.7 Å². The third kappa shape index (κ3) is 9.23. The smallest absolute Gasteiger partial charge is 0.407 e. The van der Waals surface area contributed by atoms with E-state index in [0.29, 0.717) is 25.3 Å². The second kappa shape index (κ2) is 17.6. The maximum Gasteiger partial charge on any atom is 0.407 e. The predicted molar refractivity (Wildman–Crippen MR) is 234 cm³/mol. The van der Waals surface area contributed by atoms with Crippen LogP contribution in [-0.4, -0.2) is 91.1 Å². The highest BCUT2D eigenvalue weighted by Gasteiger charge is 2.39. The maximum atomic E-state index is 13.8. The van der Waals surface area contributed by atoms with Gasteiger partial charge in [0.05, 0.1) is 41.3 Å². The predicted octanol–water partition coefficient (Wildman–Crippen LogP) is 8.11. The van der Waals surface area contributed by atoms with E-state index in [1.807, 2.05) is 44.7 Å². The number of hydrogen-bond donors (Lipinski definition) is 5. The van der Waals surface area contributed by atoms with E-state index in [0.717, 1.165) is 64.7 Å². The third-order valence-electron chi connectivity index (χ3n) is 12.4. The summed E-state index contributed by atoms with van der Waals surface area (Å²) in [6, 6.07) is 19.5. The summed E-state index contributed by atoms with van der Waals surface area (Å²) < 4.78 is 4.81. The van der Waals surface area contributed by atoms with Crippen LogP contribution in [0.5, 0.6) is 0 Å². The number of likely N-dealkylation sites (tertiary alicyclic amines) is 2. The minimum Gasteiger partial charge on any atom is -0.465 e. The summed E-state index contributed by atoms with van der Waals surface area (Å²) in [6.07, 6.45) is 1.99. The average Bonchev–Trinajstić information content (AvgIpc) is 4.05. The molecule has 0 aliphatic carbocycles. The monoisotopic (exact) mass is 832 g/mol. The first-order valence-corrected chi connectivity index (χ1v) is 21.6. The van der Waals surface area contributed by atoms with Gasteiger partial charge in [-0.1, -0.05) is 84.9 Å². The number of H-pyrrole nitrogens is 2. The van der Waals surface area contributed by atoms with Crippen LogP contribution in [0.1, 0.15) is 126 Å². The molecular formula is C47H60N8O6. The number of alkyl carbamates (subject to hydrolysis) is 1. The molecule has 324 valence electrons. The van der Waals surface area contributed by atoms with Crippen LogP contribution in [0, 0.1) is 11.8 Å². The van der Waals surface area contributed by atoms with Crippen molar-refractivity contribution in [2.24, 2.45) is 11.8 Å². The maximum absolute atomic E-state index is 13.8. The molecule has 2 fully saturated rings. The summed E-state index contributed by atoms with van der Waals surface area (Å²) in [5, 5.41) is 14.6. The number of rotatable bonds is 12. The van der Waals surface area contributed by atoms with Crippen LogP contribution in [0.25, 0.3) is 22.1 Å². The number of amides is 4. The number of carbonyl (C=O) groups is 4. The number of carboxylic acid groups (broad SMARTS) is 1. The highest BCUT2D eigenvalue weighted by Crippen LogP contribution is 2.37. The Morgan fingerprint density at radius 3 is 1.77 bits per heavy atom. The Hall–Kier alpha value is -5.92. The Balaban J connectivity index is 1.18. The Bertz CT molecular complexity index is 2400. The topological polar surface area (TPSA) is 186 Å². The lowest BCUT2D eigenvalue weighted by molar-refractivity contribution is -0.136. The minimum absolute atomic E-state index is 0.00403. The molecule has 5 atom stereocenters. The number of aromatic nitrogens is 4. The molecule has 14 heteroatoms. The Morgan fingerprint density at radius 2 is 1.26 bits per heavy atom. The molecule has 3 aromatic carbocycles. The van der Waals surface area contributed by atoms with Crippen LogP contribution in [0.4, 0.5) is 9.59 Å². The van der Waals surface area contributed by atoms with E-state index < -0.39 is 24.3 Å². The first-order valence-electron chi connectivity index (χ1n) is 21.6. The van der Waals surface area contributed by atoms with Crippen molar-refractivity contribution in [3.63, 3.8) is 0 Å². The standard InChI is InChI=1S/C47H60N8O6/c1-26(2)39(52-45(58)59)43(56)54-21-9-12-38(54)42-49-34-20-16-30(25-36(34)51-42)32(29-14-17-31(18-15-29)47(5,6)7)23-28-13-19-33-35(24-28)50-41(48-33)37-11-10-22-55(37)44(57)40(27(3)4)53-46(60)61-8/h13-20,24-27,32,37-40,52H,9-12,21-23H2,1-8H3,(H,48,50)(H,49,51)(H,53,60)(H,58,59)/t32?,37-,38-,39-,40-/m0/s1. The van der Waals surface area contributed by atoms with Gasteiger partial charge in [-0.15, -0.1) is 0 Å². The second-order valence-corrected chi connectivity index (χ2v) is 18.4. The SMILES string of the molecule is COC(=O)N[C@H](C(=O)N1CCC[C@H]1c1nc2ccc(CC(c3ccc(C(C)(C)C)cc3)c3ccc4nc([C@@H]5CCCN5C(=O)[C@@H](NC(=O)O)C(C)C)[nH]c4c3)cc2[nH]1)C(C)C. The molecule has 0 saturated carbocycles. The molecule has 1 unspecified atom stereocenters. The van der Waals surface area contributed by atoms with Gasteiger partial charge < -0.3 is 40.2 Å². The fraction of sp³-hybridized carbons (Fsp3) is 0.489. The summed E-state index contributed by atoms with van der Waals surface area (Å²) in [5.41, 5.74) is 8.06. The first kappa shape index (κ1) is 43.2. The van der Waals surface area contributed by atoms with Gasteiger partial charge in [-0.2, -0.15) is 0 Å². The van der Waals surface area contributed by atoms with Crippen molar-refractivity contribution in [2.75, 3.05) is 20.2 Å². The summed E-state index contributed by atoms with van der Waals surface area (Å²) in [4.78, 5) is 71.8. The zero-order chi connectivity index (χ0) is 43.7. The number of aromatic amines is 2. The number of carbonyl (C=O) groups excluding carboxylic acids is 3. The van der Waals surface area contributed by atoms with E-state index in [-0.39, 0.29) is 47.1 Å². The van der Waals surface area contributed by atoms with Crippen LogP contribution < -0.4 is 10.6 Å². The molecule has 5 N–H and O–H groups in total. The van der Waals surface area contributed by atoms with Gasteiger partial charge >= 0.3 is 12.2 Å². The molecule has 0 bridgehead atoms. The van der Waals surface area contributed by atoms with Gasteiger partial charge in [0.25, 0.3) is 0 Å². The van der Waals surface area contributed by atoms with Gasteiger partial charge in [-0.25, -0.2) is 19.6 Å². The first-order chi connectivity index (χ1) is 29.0. The zero-order valence-corrected chi connectivity index (χ0v) is 36.5. The largest absolute Gasteiger partial charge is 0.465 e. The molecule has 14 nitrogen and oxygen atoms in total. The zero-order valence-electron chi connectivity index (χ0n) is 36.5. The van der Waals surface area contributed by atoms with Crippen LogP contribution in [0.15, 0.2) is 60.7 Å². The summed E-state index contributed by atoms with van der Waals surface area (Å²) >= 11 is 0. The van der Waals surface area contributed by atoms with Gasteiger partial charge in [0, 0.05) is 19.0 Å². The summed E-state index contributed by atoms with van der Waals surface area (Å²) in [7, 11) is 1.29. The van der Waals surface area contributed by atoms with Crippen molar-refractivity contribution >= 4 is 46.1 Å². The number of ether oxygens (including phenoxy) is 1. The molecule has 4 heterocycles. The molecule has 2 saturated heterocycles. The van der Waals surface area contributed by atoms with E-state index in [2.05, 4.69) is 89.9 Å². The van der Waals surface area contributed by atoms with Crippen molar-refractivity contribution in [3.05, 3.63) is 94.6 Å². The van der Waals surface area contributed by atoms with Crippen LogP contribution in [0.2, 0.25) is 0 Å². The van der Waals surface area contributed by atoms with Gasteiger partial charge in [0.1, 0.15) is 23.7 Å². The van der Waals surface area contributed by atoms with Crippen molar-refractivity contribution in [1.82, 2.24) is 40.4 Å². The Morgan fingerprint density at radius 1 is 0.754 bits per heavy atom. The van der Waals surface area contributed by atoms with Crippen LogP contribution in [0.3, 0.4) is 0 Å². The molecule has 0 spiro atoms. The van der Waals surface area contributed by atoms with Crippen LogP contribution >= 0.6 is 0 Å². The normalized spacial score (nSPS) is 18.5. The number of methoxy groups -OCH3 is 1. The van der Waals surface area contributed by atoms with Crippen molar-refractivity contribution in [1.29, 1.82) is 0 Å². The molecule has 5 aromatic rings. The van der Waals surface area contributed by atoms with Crippen molar-refractivity contribution < 1.29 is 29.0 Å². The summed E-state index contributed by atoms with van der Waals surface area (Å²) in [6.45, 7) is 15.3. The molecule has 2 aliphatic rings. The van der Waals surface area contributed by atoms with Crippen LogP contribution in [-0.2, 0) is 26.2 Å². The van der Waals surface area contributed by atoms with E-state index in [1.165, 1.54) is 18.2 Å². The Kier molecular flexibility index (Phi) is 12.4. The van der Waals surface area contributed by atoms with Gasteiger partial charge in [0.2, 0.25) is 11.8 Å². The summed E-state index contributed by atoms with van der Waals surface area (Å²) in [5.74, 6) is 0.707. The number of hydrogen-bond acceptors (Lipinski definition) is 7. The second-order valence-electron chi connectivity index (χ2n) is 18.4. The lowest BCUT2D eigenvalue weighted by Gasteiger charge is -2.29. The van der Waals surface area contributed by atoms with E-state index in [1.54, 1.807) is 4.90 Å². The highest BCUT2D eigenvalue weighted by molar-refractivity contribution is 5.87. The van der Waals surface area contributed by atoms with E-state index in [9.17, 15) is 24.3 Å². The van der Waals surface area contributed by atoms with Gasteiger partial charge in [0.15, 0.2) is 0 Å². The fourth-order valence-electron chi connectivity index (χ4n) is 8.99. The van der Waals surface area contributed by atoms with E-state index >= 15 is 0 Å². The molecule has 4 amide bonds. The number of nitrogens with one attached hydrogen (secondary N) is 4. The number of imidazole rings is 2. The lowest BCUT2D eigenvalue weighted by atomic mass is 9.82. The molecular weight excluding hydrogens is 773 g/mol. The molecule has 2 aliphatic heterocycles. The average molecular weight is 833 g/mol. The Labute approximate surface area is 357 Å². The molecule has 7 rings (SSSR count). The molecule has 2 aromatic heterocycles. The fourth-order valence-corrected chi connectivity index (χ4v) is 8.99. The van der Waals surface area contributed by atoms with Gasteiger partial charge in [-0.05, 0) is 95.9 Å². The minimum atomic E-state index is -1.22. The number of nitrogens with zero attached hydrogens (tertiary/aromatic N) is 4.